The van der Waals surface area contributed by atoms with Gasteiger partial charge in [-0.2, -0.15) is 0 Å². The highest BCUT2D eigenvalue weighted by Gasteiger charge is 2.32. The summed E-state index contributed by atoms with van der Waals surface area (Å²) in [7, 11) is 0. The number of para-hydroxylation sites is 1. The molecule has 0 aliphatic carbocycles. The van der Waals surface area contributed by atoms with Gasteiger partial charge in [-0.1, -0.05) is 36.4 Å². The molecule has 2 aromatic rings. The van der Waals surface area contributed by atoms with Crippen LogP contribution in [0, 0.1) is 0 Å². The number of aryl methyl sites for hydroxylation is 1. The summed E-state index contributed by atoms with van der Waals surface area (Å²) in [6.45, 7) is 0.393. The van der Waals surface area contributed by atoms with E-state index in [2.05, 4.69) is 5.32 Å². The zero-order valence-electron chi connectivity index (χ0n) is 12.8. The van der Waals surface area contributed by atoms with Gasteiger partial charge in [0.05, 0.1) is 5.57 Å². The molecule has 2 aliphatic heterocycles. The normalized spacial score (nSPS) is 17.9. The predicted octanol–water partition coefficient (Wildman–Crippen LogP) is 3.05. The van der Waals surface area contributed by atoms with Crippen molar-refractivity contribution in [3.05, 3.63) is 64.7 Å². The number of hydrogen-bond acceptors (Lipinski definition) is 3. The molecule has 0 radical (unpaired) electrons. The SMILES string of the molecule is O=C(O)CCc1ccc2c(c1)COC2=C1C(=O)Nc2ccccc21. The Kier molecular flexibility index (Phi) is 3.34. The van der Waals surface area contributed by atoms with Crippen molar-refractivity contribution in [1.82, 2.24) is 0 Å². The first-order chi connectivity index (χ1) is 11.6. The lowest BCUT2D eigenvalue weighted by molar-refractivity contribution is -0.137. The van der Waals surface area contributed by atoms with Crippen molar-refractivity contribution in [2.45, 2.75) is 19.4 Å². The van der Waals surface area contributed by atoms with Gasteiger partial charge in [0.15, 0.2) is 0 Å². The van der Waals surface area contributed by atoms with Gasteiger partial charge in [0.25, 0.3) is 5.91 Å². The molecule has 120 valence electrons. The molecule has 0 saturated carbocycles. The minimum atomic E-state index is -0.811. The number of rotatable bonds is 3. The minimum absolute atomic E-state index is 0.101. The number of carboxylic acids is 1. The van der Waals surface area contributed by atoms with Crippen LogP contribution >= 0.6 is 0 Å². The highest BCUT2D eigenvalue weighted by Crippen LogP contribution is 2.41. The Morgan fingerprint density at radius 2 is 2.00 bits per heavy atom. The third-order valence-corrected chi connectivity index (χ3v) is 4.31. The van der Waals surface area contributed by atoms with E-state index in [1.807, 2.05) is 42.5 Å². The summed E-state index contributed by atoms with van der Waals surface area (Å²) in [5.41, 5.74) is 5.04. The fraction of sp³-hybridized carbons (Fsp3) is 0.158. The van der Waals surface area contributed by atoms with Crippen molar-refractivity contribution < 1.29 is 19.4 Å². The smallest absolute Gasteiger partial charge is 0.303 e. The first-order valence-electron chi connectivity index (χ1n) is 7.75. The topological polar surface area (TPSA) is 75.6 Å². The Morgan fingerprint density at radius 1 is 1.17 bits per heavy atom. The Labute approximate surface area is 138 Å². The highest BCUT2D eigenvalue weighted by molar-refractivity contribution is 6.36. The molecule has 2 aliphatic rings. The average molecular weight is 321 g/mol. The largest absolute Gasteiger partial charge is 0.487 e. The molecule has 0 saturated heterocycles. The molecule has 0 bridgehead atoms. The highest BCUT2D eigenvalue weighted by atomic mass is 16.5. The van der Waals surface area contributed by atoms with Crippen LogP contribution in [0.25, 0.3) is 11.3 Å². The van der Waals surface area contributed by atoms with Gasteiger partial charge in [-0.25, -0.2) is 0 Å². The van der Waals surface area contributed by atoms with E-state index in [-0.39, 0.29) is 12.3 Å². The van der Waals surface area contributed by atoms with Crippen LogP contribution in [-0.2, 0) is 27.4 Å². The standard InChI is InChI=1S/C19H15NO4/c21-16(22)8-6-11-5-7-13-12(9-11)10-24-18(13)17-14-3-1-2-4-15(14)20-19(17)23/h1-5,7,9H,6,8,10H2,(H,20,23)(H,21,22). The van der Waals surface area contributed by atoms with Gasteiger partial charge >= 0.3 is 5.97 Å². The van der Waals surface area contributed by atoms with E-state index >= 15 is 0 Å². The van der Waals surface area contributed by atoms with Crippen LogP contribution in [0.1, 0.15) is 28.7 Å². The monoisotopic (exact) mass is 321 g/mol. The molecule has 0 aromatic heterocycles. The summed E-state index contributed by atoms with van der Waals surface area (Å²) >= 11 is 0. The van der Waals surface area contributed by atoms with E-state index in [4.69, 9.17) is 9.84 Å². The molecule has 24 heavy (non-hydrogen) atoms. The lowest BCUT2D eigenvalue weighted by Crippen LogP contribution is -2.05. The molecular formula is C19H15NO4. The third-order valence-electron chi connectivity index (χ3n) is 4.31. The number of nitrogens with one attached hydrogen (secondary N) is 1. The van der Waals surface area contributed by atoms with Gasteiger partial charge in [-0.3, -0.25) is 9.59 Å². The first-order valence-corrected chi connectivity index (χ1v) is 7.75. The molecule has 2 heterocycles. The van der Waals surface area contributed by atoms with Crippen LogP contribution in [0.3, 0.4) is 0 Å². The van der Waals surface area contributed by atoms with E-state index in [0.717, 1.165) is 27.9 Å². The Hall–Kier alpha value is -3.08. The van der Waals surface area contributed by atoms with E-state index < -0.39 is 5.97 Å². The first kappa shape index (κ1) is 14.5. The fourth-order valence-corrected chi connectivity index (χ4v) is 3.17. The van der Waals surface area contributed by atoms with Crippen molar-refractivity contribution in [3.63, 3.8) is 0 Å². The van der Waals surface area contributed by atoms with Crippen molar-refractivity contribution in [2.75, 3.05) is 5.32 Å². The predicted molar refractivity (Wildman–Crippen MR) is 89.1 cm³/mol. The number of hydrogen-bond donors (Lipinski definition) is 2. The fourth-order valence-electron chi connectivity index (χ4n) is 3.17. The molecule has 4 rings (SSSR count). The lowest BCUT2D eigenvalue weighted by Gasteiger charge is -2.05. The van der Waals surface area contributed by atoms with Crippen molar-refractivity contribution >= 4 is 28.9 Å². The van der Waals surface area contributed by atoms with Gasteiger partial charge in [-0.05, 0) is 18.1 Å². The molecule has 2 N–H and O–H groups in total. The number of carbonyl (C=O) groups excluding carboxylic acids is 1. The number of aliphatic carboxylic acids is 1. The van der Waals surface area contributed by atoms with Crippen molar-refractivity contribution in [3.8, 4) is 0 Å². The van der Waals surface area contributed by atoms with Crippen LogP contribution in [0.5, 0.6) is 0 Å². The molecular weight excluding hydrogens is 306 g/mol. The van der Waals surface area contributed by atoms with Gasteiger partial charge in [0.2, 0.25) is 0 Å². The van der Waals surface area contributed by atoms with Crippen molar-refractivity contribution in [2.24, 2.45) is 0 Å². The number of ether oxygens (including phenoxy) is 1. The number of anilines is 1. The van der Waals surface area contributed by atoms with Gasteiger partial charge < -0.3 is 15.2 Å². The average Bonchev–Trinajstić information content (AvgIpc) is 3.12. The molecule has 0 fully saturated rings. The Balaban J connectivity index is 1.74. The van der Waals surface area contributed by atoms with Gasteiger partial charge in [-0.15, -0.1) is 0 Å². The van der Waals surface area contributed by atoms with E-state index in [9.17, 15) is 9.59 Å². The second kappa shape index (κ2) is 5.53. The zero-order chi connectivity index (χ0) is 16.7. The molecule has 5 nitrogen and oxygen atoms in total. The second-order valence-electron chi connectivity index (χ2n) is 5.88. The minimum Gasteiger partial charge on any atom is -0.487 e. The van der Waals surface area contributed by atoms with Crippen LogP contribution in [0.4, 0.5) is 5.69 Å². The van der Waals surface area contributed by atoms with Crippen LogP contribution in [0.15, 0.2) is 42.5 Å². The molecule has 1 amide bonds. The molecule has 0 unspecified atom stereocenters. The summed E-state index contributed by atoms with van der Waals surface area (Å²) in [6.07, 6.45) is 0.585. The molecule has 2 aromatic carbocycles. The van der Waals surface area contributed by atoms with Crippen LogP contribution in [-0.4, -0.2) is 17.0 Å². The summed E-state index contributed by atoms with van der Waals surface area (Å²) in [5, 5.41) is 11.7. The Bertz CT molecular complexity index is 898. The Morgan fingerprint density at radius 3 is 2.83 bits per heavy atom. The van der Waals surface area contributed by atoms with E-state index in [1.54, 1.807) is 0 Å². The van der Waals surface area contributed by atoms with Crippen LogP contribution < -0.4 is 5.32 Å². The number of benzene rings is 2. The second-order valence-corrected chi connectivity index (χ2v) is 5.88. The van der Waals surface area contributed by atoms with Gasteiger partial charge in [0.1, 0.15) is 12.4 Å². The molecule has 5 heteroatoms. The number of fused-ring (bicyclic) bond motifs is 2. The third kappa shape index (κ3) is 2.34. The van der Waals surface area contributed by atoms with Crippen molar-refractivity contribution in [1.29, 1.82) is 0 Å². The zero-order valence-corrected chi connectivity index (χ0v) is 12.8. The summed E-state index contributed by atoms with van der Waals surface area (Å²) in [6, 6.07) is 13.3. The summed E-state index contributed by atoms with van der Waals surface area (Å²) in [4.78, 5) is 23.1. The van der Waals surface area contributed by atoms with Crippen LogP contribution in [0.2, 0.25) is 0 Å². The maximum absolute atomic E-state index is 12.4. The summed E-state index contributed by atoms with van der Waals surface area (Å²) < 4.78 is 5.82. The maximum Gasteiger partial charge on any atom is 0.303 e. The summed E-state index contributed by atoms with van der Waals surface area (Å²) in [5.74, 6) is -0.375. The number of carbonyl (C=O) groups is 2. The number of carboxylic acid groups (broad SMARTS) is 1. The lowest BCUT2D eigenvalue weighted by atomic mass is 9.98. The number of amides is 1. The van der Waals surface area contributed by atoms with E-state index in [1.165, 1.54) is 0 Å². The van der Waals surface area contributed by atoms with E-state index in [0.29, 0.717) is 24.4 Å². The maximum atomic E-state index is 12.4. The molecule has 0 spiro atoms. The quantitative estimate of drug-likeness (QED) is 0.852. The van der Waals surface area contributed by atoms with Gasteiger partial charge in [0, 0.05) is 28.8 Å². The molecule has 0 atom stereocenters.